The van der Waals surface area contributed by atoms with Crippen molar-refractivity contribution < 1.29 is 9.50 Å². The topological polar surface area (TPSA) is 72.3 Å². The summed E-state index contributed by atoms with van der Waals surface area (Å²) in [6.45, 7) is 1.79. The maximum atomic E-state index is 12.9. The molecule has 0 heterocycles. The van der Waals surface area contributed by atoms with E-state index in [1.54, 1.807) is 6.92 Å². The Balaban J connectivity index is 0.00000169. The predicted molar refractivity (Wildman–Crippen MR) is 56.0 cm³/mol. The molecule has 0 bridgehead atoms. The molecule has 0 amide bonds. The van der Waals surface area contributed by atoms with Crippen molar-refractivity contribution in [2.75, 3.05) is 6.54 Å². The lowest BCUT2D eigenvalue weighted by Crippen LogP contribution is -2.21. The van der Waals surface area contributed by atoms with E-state index in [0.29, 0.717) is 11.1 Å². The first-order chi connectivity index (χ1) is 6.06. The van der Waals surface area contributed by atoms with E-state index >= 15 is 0 Å². The van der Waals surface area contributed by atoms with E-state index in [1.807, 2.05) is 0 Å². The van der Waals surface area contributed by atoms with Crippen molar-refractivity contribution in [3.63, 3.8) is 0 Å². The minimum absolute atomic E-state index is 0. The third kappa shape index (κ3) is 2.57. The van der Waals surface area contributed by atoms with Gasteiger partial charge in [-0.3, -0.25) is 0 Å². The number of hydrogen-bond acceptors (Lipinski definition) is 3. The molecule has 0 saturated heterocycles. The van der Waals surface area contributed by atoms with Gasteiger partial charge in [0.1, 0.15) is 11.6 Å². The normalized spacial score (nSPS) is 12.0. The summed E-state index contributed by atoms with van der Waals surface area (Å²) in [4.78, 5) is 0. The third-order valence-corrected chi connectivity index (χ3v) is 1.95. The van der Waals surface area contributed by atoms with Crippen LogP contribution in [0, 0.1) is 12.7 Å². The SMILES string of the molecule is Cc1cc(F)cc([C@H](N)CN)c1O.Cl. The molecule has 0 radical (unpaired) electrons. The monoisotopic (exact) mass is 220 g/mol. The zero-order valence-corrected chi connectivity index (χ0v) is 8.64. The van der Waals surface area contributed by atoms with Crippen molar-refractivity contribution in [2.45, 2.75) is 13.0 Å². The highest BCUT2D eigenvalue weighted by Gasteiger charge is 2.12. The summed E-state index contributed by atoms with van der Waals surface area (Å²) in [5, 5.41) is 9.52. The van der Waals surface area contributed by atoms with E-state index < -0.39 is 11.9 Å². The molecular formula is C9H14ClFN2O. The second-order valence-corrected chi connectivity index (χ2v) is 3.00. The highest BCUT2D eigenvalue weighted by Crippen LogP contribution is 2.27. The van der Waals surface area contributed by atoms with Gasteiger partial charge < -0.3 is 16.6 Å². The average molecular weight is 221 g/mol. The van der Waals surface area contributed by atoms with Gasteiger partial charge in [0.25, 0.3) is 0 Å². The first kappa shape index (κ1) is 13.2. The number of phenols is 1. The summed E-state index contributed by atoms with van der Waals surface area (Å²) < 4.78 is 12.9. The summed E-state index contributed by atoms with van der Waals surface area (Å²) in [5.74, 6) is -0.381. The Bertz CT molecular complexity index is 320. The van der Waals surface area contributed by atoms with Crippen molar-refractivity contribution in [3.05, 3.63) is 29.1 Å². The van der Waals surface area contributed by atoms with Crippen LogP contribution in [0.3, 0.4) is 0 Å². The van der Waals surface area contributed by atoms with E-state index in [4.69, 9.17) is 11.5 Å². The maximum Gasteiger partial charge on any atom is 0.124 e. The van der Waals surface area contributed by atoms with Crippen LogP contribution < -0.4 is 11.5 Å². The Kier molecular flexibility index (Phi) is 4.83. The van der Waals surface area contributed by atoms with Gasteiger partial charge in [0.2, 0.25) is 0 Å². The molecule has 0 aromatic heterocycles. The van der Waals surface area contributed by atoms with Gasteiger partial charge in [-0.25, -0.2) is 4.39 Å². The van der Waals surface area contributed by atoms with Crippen molar-refractivity contribution in [1.29, 1.82) is 0 Å². The molecule has 0 aliphatic rings. The minimum atomic E-state index is -0.519. The van der Waals surface area contributed by atoms with Crippen molar-refractivity contribution >= 4 is 12.4 Å². The fourth-order valence-electron chi connectivity index (χ4n) is 1.17. The fourth-order valence-corrected chi connectivity index (χ4v) is 1.17. The lowest BCUT2D eigenvalue weighted by atomic mass is 10.0. The van der Waals surface area contributed by atoms with Gasteiger partial charge in [-0.05, 0) is 24.6 Å². The van der Waals surface area contributed by atoms with Gasteiger partial charge in [0, 0.05) is 18.2 Å². The van der Waals surface area contributed by atoms with E-state index in [2.05, 4.69) is 0 Å². The number of phenolic OH excluding ortho intramolecular Hbond substituents is 1. The molecule has 1 rings (SSSR count). The molecule has 5 N–H and O–H groups in total. The summed E-state index contributed by atoms with van der Waals surface area (Å²) in [5.41, 5.74) is 11.7. The Labute approximate surface area is 88.3 Å². The zero-order chi connectivity index (χ0) is 10.0. The third-order valence-electron chi connectivity index (χ3n) is 1.95. The molecule has 0 unspecified atom stereocenters. The average Bonchev–Trinajstić information content (AvgIpc) is 2.10. The number of rotatable bonds is 2. The van der Waals surface area contributed by atoms with E-state index in [0.717, 1.165) is 0 Å². The number of hydrogen-bond donors (Lipinski definition) is 3. The molecule has 14 heavy (non-hydrogen) atoms. The number of aromatic hydroxyl groups is 1. The molecular weight excluding hydrogens is 207 g/mol. The molecule has 1 atom stereocenters. The van der Waals surface area contributed by atoms with Crippen LogP contribution in [0.1, 0.15) is 17.2 Å². The van der Waals surface area contributed by atoms with Gasteiger partial charge in [-0.2, -0.15) is 0 Å². The summed E-state index contributed by atoms with van der Waals surface area (Å²) >= 11 is 0. The lowest BCUT2D eigenvalue weighted by Gasteiger charge is -2.12. The second kappa shape index (κ2) is 5.14. The summed E-state index contributed by atoms with van der Waals surface area (Å²) in [6, 6.07) is 1.94. The van der Waals surface area contributed by atoms with E-state index in [-0.39, 0.29) is 24.7 Å². The van der Waals surface area contributed by atoms with Crippen LogP contribution in [-0.4, -0.2) is 11.7 Å². The van der Waals surface area contributed by atoms with Crippen LogP contribution in [0.5, 0.6) is 5.75 Å². The first-order valence-electron chi connectivity index (χ1n) is 4.01. The number of aryl methyl sites for hydroxylation is 1. The molecule has 0 aliphatic heterocycles. The van der Waals surface area contributed by atoms with E-state index in [9.17, 15) is 9.50 Å². The number of benzene rings is 1. The Morgan fingerprint density at radius 2 is 2.07 bits per heavy atom. The maximum absolute atomic E-state index is 12.9. The molecule has 1 aromatic carbocycles. The van der Waals surface area contributed by atoms with Crippen molar-refractivity contribution in [1.82, 2.24) is 0 Å². The van der Waals surface area contributed by atoms with Crippen LogP contribution in [0.4, 0.5) is 4.39 Å². The smallest absolute Gasteiger partial charge is 0.124 e. The van der Waals surface area contributed by atoms with Crippen LogP contribution in [0.25, 0.3) is 0 Å². The molecule has 0 aliphatic carbocycles. The Morgan fingerprint density at radius 3 is 2.57 bits per heavy atom. The lowest BCUT2D eigenvalue weighted by molar-refractivity contribution is 0.454. The highest BCUT2D eigenvalue weighted by molar-refractivity contribution is 5.85. The molecule has 5 heteroatoms. The molecule has 80 valence electrons. The second-order valence-electron chi connectivity index (χ2n) is 3.00. The summed E-state index contributed by atoms with van der Waals surface area (Å²) in [7, 11) is 0. The Hall–Kier alpha value is -0.840. The van der Waals surface area contributed by atoms with Crippen molar-refractivity contribution in [3.8, 4) is 5.75 Å². The zero-order valence-electron chi connectivity index (χ0n) is 7.83. The molecule has 1 aromatic rings. The quantitative estimate of drug-likeness (QED) is 0.702. The van der Waals surface area contributed by atoms with Gasteiger partial charge in [0.05, 0.1) is 0 Å². The predicted octanol–water partition coefficient (Wildman–Crippen LogP) is 1.22. The van der Waals surface area contributed by atoms with Crippen molar-refractivity contribution in [2.24, 2.45) is 11.5 Å². The summed E-state index contributed by atoms with van der Waals surface area (Å²) in [6.07, 6.45) is 0. The van der Waals surface area contributed by atoms with Crippen LogP contribution in [-0.2, 0) is 0 Å². The Morgan fingerprint density at radius 1 is 1.50 bits per heavy atom. The fraction of sp³-hybridized carbons (Fsp3) is 0.333. The molecule has 0 fully saturated rings. The van der Waals surface area contributed by atoms with Crippen LogP contribution in [0.2, 0.25) is 0 Å². The molecule has 3 nitrogen and oxygen atoms in total. The largest absolute Gasteiger partial charge is 0.507 e. The molecule has 0 spiro atoms. The van der Waals surface area contributed by atoms with Gasteiger partial charge in [-0.15, -0.1) is 12.4 Å². The van der Waals surface area contributed by atoms with Gasteiger partial charge >= 0.3 is 0 Å². The minimum Gasteiger partial charge on any atom is -0.507 e. The molecule has 0 saturated carbocycles. The van der Waals surface area contributed by atoms with Gasteiger partial charge in [0.15, 0.2) is 0 Å². The standard InChI is InChI=1S/C9H13FN2O.ClH/c1-5-2-6(10)3-7(9(5)13)8(12)4-11;/h2-3,8,13H,4,11-12H2,1H3;1H/t8-;/m1./s1. The number of nitrogens with two attached hydrogens (primary N) is 2. The van der Waals surface area contributed by atoms with Crippen LogP contribution >= 0.6 is 12.4 Å². The van der Waals surface area contributed by atoms with E-state index in [1.165, 1.54) is 12.1 Å². The van der Waals surface area contributed by atoms with Gasteiger partial charge in [-0.1, -0.05) is 0 Å². The number of halogens is 2. The first-order valence-corrected chi connectivity index (χ1v) is 4.01. The highest BCUT2D eigenvalue weighted by atomic mass is 35.5. The van der Waals surface area contributed by atoms with Crippen LogP contribution in [0.15, 0.2) is 12.1 Å².